The molecule has 0 bridgehead atoms. The van der Waals surface area contributed by atoms with E-state index in [1.54, 1.807) is 18.2 Å². The molecule has 1 amide bonds. The summed E-state index contributed by atoms with van der Waals surface area (Å²) in [6.45, 7) is 3.87. The van der Waals surface area contributed by atoms with Crippen molar-refractivity contribution in [3.8, 4) is 0 Å². The van der Waals surface area contributed by atoms with Gasteiger partial charge in [0.05, 0.1) is 4.92 Å². The molecule has 30 heavy (non-hydrogen) atoms. The van der Waals surface area contributed by atoms with Crippen LogP contribution in [0.4, 0.5) is 15.8 Å². The Bertz CT molecular complexity index is 1110. The monoisotopic (exact) mass is 408 g/mol. The van der Waals surface area contributed by atoms with Crippen LogP contribution in [-0.4, -0.2) is 16.6 Å². The van der Waals surface area contributed by atoms with Gasteiger partial charge in [0.1, 0.15) is 11.5 Å². The van der Waals surface area contributed by atoms with E-state index in [4.69, 9.17) is 0 Å². The molecule has 0 saturated carbocycles. The third kappa shape index (κ3) is 3.40. The Kier molecular flexibility index (Phi) is 4.76. The van der Waals surface area contributed by atoms with Crippen molar-refractivity contribution >= 4 is 23.1 Å². The fraction of sp³-hybridized carbons (Fsp3) is 0.304. The van der Waals surface area contributed by atoms with Crippen LogP contribution in [0.15, 0.2) is 59.8 Å². The van der Waals surface area contributed by atoms with Crippen molar-refractivity contribution in [1.82, 2.24) is 0 Å². The van der Waals surface area contributed by atoms with Gasteiger partial charge < -0.3 is 0 Å². The Labute approximate surface area is 173 Å². The zero-order chi connectivity index (χ0) is 21.6. The molecule has 0 saturated heterocycles. The van der Waals surface area contributed by atoms with E-state index in [0.29, 0.717) is 29.7 Å². The van der Waals surface area contributed by atoms with E-state index in [0.717, 1.165) is 0 Å². The Morgan fingerprint density at radius 3 is 2.53 bits per heavy atom. The van der Waals surface area contributed by atoms with Crippen molar-refractivity contribution in [3.05, 3.63) is 81.3 Å². The number of allylic oxidation sites excluding steroid dienone is 2. The van der Waals surface area contributed by atoms with Gasteiger partial charge >= 0.3 is 0 Å². The molecular formula is C23H21FN2O4. The van der Waals surface area contributed by atoms with E-state index in [1.807, 2.05) is 13.8 Å². The highest BCUT2D eigenvalue weighted by Crippen LogP contribution is 2.49. The molecule has 1 atom stereocenters. The predicted molar refractivity (Wildman–Crippen MR) is 109 cm³/mol. The summed E-state index contributed by atoms with van der Waals surface area (Å²) in [6.07, 6.45) is 0.661. The number of amides is 1. The van der Waals surface area contributed by atoms with Crippen molar-refractivity contribution in [2.45, 2.75) is 39.0 Å². The standard InChI is InChI=1S/C23H21FN2O4/c1-23(2)12-19-22(20(27)13-23)16(14-6-5-7-15(24)10-14)11-21(28)25(19)17-8-3-4-9-18(17)26(29)30/h3-10,16H,11-13H2,1-2H3. The number of hydrogen-bond donors (Lipinski definition) is 0. The van der Waals surface area contributed by atoms with E-state index in [2.05, 4.69) is 0 Å². The number of rotatable bonds is 3. The molecule has 1 unspecified atom stereocenters. The second-order valence-electron chi connectivity index (χ2n) is 8.59. The Morgan fingerprint density at radius 2 is 1.83 bits per heavy atom. The molecule has 154 valence electrons. The molecular weight excluding hydrogens is 387 g/mol. The molecule has 1 heterocycles. The van der Waals surface area contributed by atoms with Crippen molar-refractivity contribution in [2.75, 3.05) is 4.90 Å². The summed E-state index contributed by atoms with van der Waals surface area (Å²) in [7, 11) is 0. The number of benzene rings is 2. The summed E-state index contributed by atoms with van der Waals surface area (Å²) >= 11 is 0. The van der Waals surface area contributed by atoms with Crippen LogP contribution in [0, 0.1) is 21.3 Å². The van der Waals surface area contributed by atoms with Crippen LogP contribution < -0.4 is 4.90 Å². The third-order valence-corrected chi connectivity index (χ3v) is 5.71. The lowest BCUT2D eigenvalue weighted by Crippen LogP contribution is -2.44. The smallest absolute Gasteiger partial charge is 0.293 e. The topological polar surface area (TPSA) is 80.5 Å². The summed E-state index contributed by atoms with van der Waals surface area (Å²) < 4.78 is 13.9. The molecule has 1 aliphatic heterocycles. The number of nitrogens with zero attached hydrogens (tertiary/aromatic N) is 2. The Balaban J connectivity index is 1.95. The number of nitro groups is 1. The normalized spacial score (nSPS) is 20.9. The molecule has 6 nitrogen and oxygen atoms in total. The minimum Gasteiger partial charge on any atom is -0.294 e. The molecule has 0 fully saturated rings. The summed E-state index contributed by atoms with van der Waals surface area (Å²) in [5.74, 6) is -1.45. The molecule has 1 aliphatic carbocycles. The Morgan fingerprint density at radius 1 is 1.10 bits per heavy atom. The highest BCUT2D eigenvalue weighted by molar-refractivity contribution is 6.08. The molecule has 0 spiro atoms. The van der Waals surface area contributed by atoms with E-state index in [-0.39, 0.29) is 29.5 Å². The molecule has 0 radical (unpaired) electrons. The lowest BCUT2D eigenvalue weighted by molar-refractivity contribution is -0.384. The van der Waals surface area contributed by atoms with Crippen molar-refractivity contribution in [3.63, 3.8) is 0 Å². The average Bonchev–Trinajstić information content (AvgIpc) is 2.66. The van der Waals surface area contributed by atoms with Gasteiger partial charge in [-0.2, -0.15) is 0 Å². The van der Waals surface area contributed by atoms with Gasteiger partial charge in [-0.25, -0.2) is 4.39 Å². The SMILES string of the molecule is CC1(C)CC(=O)C2=C(C1)N(c1ccccc1[N+](=O)[O-])C(=O)CC2c1cccc(F)c1. The highest BCUT2D eigenvalue weighted by Gasteiger charge is 2.45. The van der Waals surface area contributed by atoms with E-state index >= 15 is 0 Å². The quantitative estimate of drug-likeness (QED) is 0.535. The van der Waals surface area contributed by atoms with Gasteiger partial charge in [-0.15, -0.1) is 0 Å². The zero-order valence-corrected chi connectivity index (χ0v) is 16.7. The zero-order valence-electron chi connectivity index (χ0n) is 16.7. The third-order valence-electron chi connectivity index (χ3n) is 5.71. The minimum atomic E-state index is -0.564. The first-order valence-electron chi connectivity index (χ1n) is 9.76. The lowest BCUT2D eigenvalue weighted by Gasteiger charge is -2.42. The predicted octanol–water partition coefficient (Wildman–Crippen LogP) is 4.90. The number of carbonyl (C=O) groups is 2. The Hall–Kier alpha value is -3.35. The molecule has 2 aliphatic rings. The van der Waals surface area contributed by atoms with Crippen molar-refractivity contribution in [1.29, 1.82) is 0 Å². The first kappa shape index (κ1) is 19.9. The van der Waals surface area contributed by atoms with Gasteiger partial charge in [-0.05, 0) is 35.6 Å². The van der Waals surface area contributed by atoms with Gasteiger partial charge in [0.2, 0.25) is 5.91 Å². The first-order chi connectivity index (χ1) is 14.2. The van der Waals surface area contributed by atoms with Crippen LogP contribution in [0.25, 0.3) is 0 Å². The van der Waals surface area contributed by atoms with Gasteiger partial charge in [0.25, 0.3) is 5.69 Å². The highest BCUT2D eigenvalue weighted by atomic mass is 19.1. The number of Topliss-reactive ketones (excluding diaryl/α,β-unsaturated/α-hetero) is 1. The summed E-state index contributed by atoms with van der Waals surface area (Å²) in [6, 6.07) is 12.0. The van der Waals surface area contributed by atoms with E-state index in [1.165, 1.54) is 35.2 Å². The molecule has 7 heteroatoms. The van der Waals surface area contributed by atoms with Gasteiger partial charge in [0.15, 0.2) is 5.78 Å². The molecule has 2 aromatic carbocycles. The summed E-state index contributed by atoms with van der Waals surface area (Å²) in [5.41, 5.74) is 1.06. The number of carbonyl (C=O) groups excluding carboxylic acids is 2. The second-order valence-corrected chi connectivity index (χ2v) is 8.59. The second kappa shape index (κ2) is 7.16. The van der Waals surface area contributed by atoms with Gasteiger partial charge in [0, 0.05) is 36.1 Å². The van der Waals surface area contributed by atoms with Crippen LogP contribution in [0.1, 0.15) is 44.6 Å². The molecule has 2 aromatic rings. The summed E-state index contributed by atoms with van der Waals surface area (Å²) in [5, 5.41) is 11.6. The fourth-order valence-electron chi connectivity index (χ4n) is 4.51. The van der Waals surface area contributed by atoms with Crippen molar-refractivity contribution < 1.29 is 18.9 Å². The number of nitro benzene ring substituents is 1. The van der Waals surface area contributed by atoms with Crippen LogP contribution in [0.2, 0.25) is 0 Å². The van der Waals surface area contributed by atoms with Gasteiger partial charge in [-0.3, -0.25) is 24.6 Å². The number of halogens is 1. The first-order valence-corrected chi connectivity index (χ1v) is 9.76. The largest absolute Gasteiger partial charge is 0.294 e. The van der Waals surface area contributed by atoms with Crippen molar-refractivity contribution in [2.24, 2.45) is 5.41 Å². The minimum absolute atomic E-state index is 0.0551. The number of anilines is 1. The number of ketones is 1. The maximum Gasteiger partial charge on any atom is 0.293 e. The fourth-order valence-corrected chi connectivity index (χ4v) is 4.51. The molecule has 0 N–H and O–H groups in total. The van der Waals surface area contributed by atoms with E-state index < -0.39 is 22.1 Å². The lowest BCUT2D eigenvalue weighted by atomic mass is 9.69. The maximum atomic E-state index is 13.9. The number of para-hydroxylation sites is 2. The molecule has 0 aromatic heterocycles. The van der Waals surface area contributed by atoms with E-state index in [9.17, 15) is 24.1 Å². The molecule has 4 rings (SSSR count). The van der Waals surface area contributed by atoms with Crippen LogP contribution in [0.3, 0.4) is 0 Å². The van der Waals surface area contributed by atoms with Gasteiger partial charge in [-0.1, -0.05) is 38.1 Å². The maximum absolute atomic E-state index is 13.9. The van der Waals surface area contributed by atoms with Crippen LogP contribution in [0.5, 0.6) is 0 Å². The summed E-state index contributed by atoms with van der Waals surface area (Å²) in [4.78, 5) is 38.9. The van der Waals surface area contributed by atoms with Crippen LogP contribution in [-0.2, 0) is 9.59 Å². The van der Waals surface area contributed by atoms with Crippen LogP contribution >= 0.6 is 0 Å². The average molecular weight is 408 g/mol. The number of hydrogen-bond acceptors (Lipinski definition) is 4.